The van der Waals surface area contributed by atoms with Gasteiger partial charge in [-0.2, -0.15) is 0 Å². The second-order valence-corrected chi connectivity index (χ2v) is 7.95. The summed E-state index contributed by atoms with van der Waals surface area (Å²) in [7, 11) is 0. The molecule has 2 rings (SSSR count). The van der Waals surface area contributed by atoms with Crippen LogP contribution in [0.1, 0.15) is 56.9 Å². The van der Waals surface area contributed by atoms with Crippen molar-refractivity contribution in [1.29, 1.82) is 0 Å². The number of rotatable bonds is 12. The van der Waals surface area contributed by atoms with Gasteiger partial charge >= 0.3 is 5.97 Å². The fraction of sp³-hybridized carbons (Fsp3) is 0.609. The van der Waals surface area contributed by atoms with Crippen molar-refractivity contribution < 1.29 is 25.2 Å². The van der Waals surface area contributed by atoms with Crippen LogP contribution in [0.3, 0.4) is 0 Å². The fourth-order valence-corrected chi connectivity index (χ4v) is 4.16. The van der Waals surface area contributed by atoms with Crippen molar-refractivity contribution in [2.24, 2.45) is 11.8 Å². The minimum Gasteiger partial charge on any atom is -0.481 e. The van der Waals surface area contributed by atoms with Gasteiger partial charge in [-0.3, -0.25) is 4.79 Å². The normalized spacial score (nSPS) is 24.2. The number of aliphatic hydroxyl groups is 3. The lowest BCUT2D eigenvalue weighted by molar-refractivity contribution is -0.137. The lowest BCUT2D eigenvalue weighted by Crippen LogP contribution is -2.23. The van der Waals surface area contributed by atoms with Crippen molar-refractivity contribution in [3.63, 3.8) is 0 Å². The first-order chi connectivity index (χ1) is 13.5. The first-order valence-corrected chi connectivity index (χ1v) is 10.4. The molecule has 1 aliphatic carbocycles. The van der Waals surface area contributed by atoms with Crippen LogP contribution in [-0.2, 0) is 11.2 Å². The zero-order valence-corrected chi connectivity index (χ0v) is 18.9. The molecule has 0 amide bonds. The van der Waals surface area contributed by atoms with Gasteiger partial charge in [-0.15, -0.1) is 24.8 Å². The smallest absolute Gasteiger partial charge is 0.303 e. The third-order valence-corrected chi connectivity index (χ3v) is 5.80. The van der Waals surface area contributed by atoms with Crippen LogP contribution in [0.2, 0.25) is 0 Å². The Kier molecular flexibility index (Phi) is 15.1. The molecule has 0 spiro atoms. The predicted octanol–water partition coefficient (Wildman–Crippen LogP) is 4.16. The summed E-state index contributed by atoms with van der Waals surface area (Å²) >= 11 is 0. The molecule has 1 aliphatic rings. The van der Waals surface area contributed by atoms with Crippen LogP contribution in [-0.4, -0.2) is 44.7 Å². The molecule has 1 aromatic carbocycles. The minimum atomic E-state index is -0.784. The summed E-state index contributed by atoms with van der Waals surface area (Å²) in [6.45, 7) is 0. The molecule has 1 aromatic rings. The Balaban J connectivity index is 0.00000420. The molecule has 1 saturated carbocycles. The van der Waals surface area contributed by atoms with E-state index in [-0.39, 0.29) is 43.1 Å². The van der Waals surface area contributed by atoms with E-state index in [0.717, 1.165) is 6.42 Å². The number of aryl methyl sites for hydroxylation is 1. The minimum absolute atomic E-state index is 0. The van der Waals surface area contributed by atoms with Crippen LogP contribution in [0.4, 0.5) is 0 Å². The van der Waals surface area contributed by atoms with Gasteiger partial charge in [0, 0.05) is 6.42 Å². The van der Waals surface area contributed by atoms with Crippen LogP contribution < -0.4 is 0 Å². The number of carboxylic acids is 1. The standard InChI is InChI=1S/C23H34O5.2ClH/c24-18(13-12-17-8-4-3-5-9-17)14-15-20-19(21(25)16-22(20)26)10-6-1-2-7-11-23(27)28;;/h1,3-6,8-9,18-22,24-26H,2,7,10-16H2,(H,27,28);2*1H/t18?,19-,20-,21+,22-;;/m1../s1. The summed E-state index contributed by atoms with van der Waals surface area (Å²) in [5, 5.41) is 39.6. The number of aliphatic carboxylic acids is 1. The van der Waals surface area contributed by atoms with Gasteiger partial charge in [-0.05, 0) is 68.8 Å². The molecule has 0 aromatic heterocycles. The van der Waals surface area contributed by atoms with Gasteiger partial charge in [0.05, 0.1) is 18.3 Å². The zero-order valence-electron chi connectivity index (χ0n) is 17.3. The molecule has 172 valence electrons. The van der Waals surface area contributed by atoms with E-state index in [1.807, 2.05) is 30.4 Å². The molecule has 30 heavy (non-hydrogen) atoms. The lowest BCUT2D eigenvalue weighted by atomic mass is 9.85. The number of hydrogen-bond donors (Lipinski definition) is 4. The number of halogens is 2. The third-order valence-electron chi connectivity index (χ3n) is 5.80. The van der Waals surface area contributed by atoms with Gasteiger partial charge in [0.25, 0.3) is 0 Å². The van der Waals surface area contributed by atoms with Crippen molar-refractivity contribution in [2.45, 2.75) is 76.1 Å². The molecular weight excluding hydrogens is 427 g/mol. The zero-order chi connectivity index (χ0) is 20.4. The van der Waals surface area contributed by atoms with Crippen molar-refractivity contribution in [2.75, 3.05) is 0 Å². The van der Waals surface area contributed by atoms with Gasteiger partial charge in [-0.1, -0.05) is 42.5 Å². The summed E-state index contributed by atoms with van der Waals surface area (Å²) in [5.41, 5.74) is 1.21. The molecular formula is C23H36Cl2O5. The molecule has 0 radical (unpaired) electrons. The topological polar surface area (TPSA) is 98.0 Å². The molecule has 5 atom stereocenters. The average molecular weight is 463 g/mol. The number of carboxylic acid groups (broad SMARTS) is 1. The Morgan fingerprint density at radius 3 is 2.37 bits per heavy atom. The van der Waals surface area contributed by atoms with Gasteiger partial charge in [0.1, 0.15) is 0 Å². The Morgan fingerprint density at radius 1 is 1.03 bits per heavy atom. The van der Waals surface area contributed by atoms with E-state index >= 15 is 0 Å². The summed E-state index contributed by atoms with van der Waals surface area (Å²) in [6, 6.07) is 10.1. The number of allylic oxidation sites excluding steroid dienone is 2. The largest absolute Gasteiger partial charge is 0.481 e. The van der Waals surface area contributed by atoms with Crippen molar-refractivity contribution in [3.05, 3.63) is 48.0 Å². The quantitative estimate of drug-likeness (QED) is 0.276. The summed E-state index contributed by atoms with van der Waals surface area (Å²) in [4.78, 5) is 10.5. The number of aliphatic hydroxyl groups excluding tert-OH is 3. The van der Waals surface area contributed by atoms with Crippen LogP contribution >= 0.6 is 24.8 Å². The highest BCUT2D eigenvalue weighted by atomic mass is 35.5. The van der Waals surface area contributed by atoms with E-state index in [1.165, 1.54) is 5.56 Å². The van der Waals surface area contributed by atoms with Crippen molar-refractivity contribution >= 4 is 30.8 Å². The number of unbranched alkanes of at least 4 members (excludes halogenated alkanes) is 1. The highest BCUT2D eigenvalue weighted by Crippen LogP contribution is 2.38. The van der Waals surface area contributed by atoms with E-state index in [4.69, 9.17) is 5.11 Å². The Labute approximate surface area is 192 Å². The maximum absolute atomic E-state index is 10.5. The van der Waals surface area contributed by atoms with Gasteiger partial charge in [-0.25, -0.2) is 0 Å². The molecule has 0 saturated heterocycles. The number of carbonyl (C=O) groups is 1. The Bertz CT molecular complexity index is 611. The maximum Gasteiger partial charge on any atom is 0.303 e. The second-order valence-electron chi connectivity index (χ2n) is 7.95. The highest BCUT2D eigenvalue weighted by Gasteiger charge is 2.40. The van der Waals surface area contributed by atoms with E-state index in [1.54, 1.807) is 0 Å². The Morgan fingerprint density at radius 2 is 1.70 bits per heavy atom. The van der Waals surface area contributed by atoms with E-state index in [0.29, 0.717) is 44.9 Å². The summed E-state index contributed by atoms with van der Waals surface area (Å²) in [5.74, 6) is -0.800. The van der Waals surface area contributed by atoms with Gasteiger partial charge in [0.2, 0.25) is 0 Å². The second kappa shape index (κ2) is 15.7. The first-order valence-electron chi connectivity index (χ1n) is 10.4. The molecule has 0 aliphatic heterocycles. The van der Waals surface area contributed by atoms with Gasteiger partial charge in [0.15, 0.2) is 0 Å². The van der Waals surface area contributed by atoms with Crippen molar-refractivity contribution in [3.8, 4) is 0 Å². The third kappa shape index (κ3) is 10.3. The molecule has 1 unspecified atom stereocenters. The van der Waals surface area contributed by atoms with Crippen LogP contribution in [0.15, 0.2) is 42.5 Å². The molecule has 0 heterocycles. The molecule has 4 N–H and O–H groups in total. The summed E-state index contributed by atoms with van der Waals surface area (Å²) in [6.07, 6.45) is 7.91. The summed E-state index contributed by atoms with van der Waals surface area (Å²) < 4.78 is 0. The Hall–Kier alpha value is -1.11. The number of benzene rings is 1. The molecule has 5 nitrogen and oxygen atoms in total. The molecule has 1 fully saturated rings. The molecule has 7 heteroatoms. The maximum atomic E-state index is 10.5. The first kappa shape index (κ1) is 28.9. The van der Waals surface area contributed by atoms with E-state index in [9.17, 15) is 20.1 Å². The lowest BCUT2D eigenvalue weighted by Gasteiger charge is -2.23. The predicted molar refractivity (Wildman–Crippen MR) is 123 cm³/mol. The fourth-order valence-electron chi connectivity index (χ4n) is 4.16. The van der Waals surface area contributed by atoms with Crippen LogP contribution in [0.5, 0.6) is 0 Å². The molecule has 0 bridgehead atoms. The van der Waals surface area contributed by atoms with Crippen LogP contribution in [0.25, 0.3) is 0 Å². The monoisotopic (exact) mass is 462 g/mol. The van der Waals surface area contributed by atoms with Crippen LogP contribution in [0, 0.1) is 11.8 Å². The van der Waals surface area contributed by atoms with Crippen molar-refractivity contribution in [1.82, 2.24) is 0 Å². The number of hydrogen-bond acceptors (Lipinski definition) is 4. The average Bonchev–Trinajstić information content (AvgIpc) is 2.94. The highest BCUT2D eigenvalue weighted by molar-refractivity contribution is 5.85. The van der Waals surface area contributed by atoms with Gasteiger partial charge < -0.3 is 20.4 Å². The van der Waals surface area contributed by atoms with E-state index in [2.05, 4.69) is 12.1 Å². The SMILES string of the molecule is Cl.Cl.O=C(O)CCCC=CC[C@@H]1[C@@H](CCC(O)CCc2ccccc2)[C@H](O)C[C@@H]1O. The van der Waals surface area contributed by atoms with E-state index < -0.39 is 24.3 Å².